The van der Waals surface area contributed by atoms with E-state index in [9.17, 15) is 22.0 Å². The highest BCUT2D eigenvalue weighted by atomic mass is 32.2. The van der Waals surface area contributed by atoms with Crippen LogP contribution in [0.1, 0.15) is 28.2 Å². The molecule has 0 spiro atoms. The quantitative estimate of drug-likeness (QED) is 0.804. The molecule has 0 bridgehead atoms. The van der Waals surface area contributed by atoms with Gasteiger partial charge in [0, 0.05) is 25.7 Å². The first-order valence-corrected chi connectivity index (χ1v) is 10.6. The molecule has 0 atom stereocenters. The standard InChI is InChI=1S/C16H18F2N4O3S2/c1-10-15(26-21-20-10)16(23)22-4-2-11(3-5-22)9-19-27(24,25)14-7-12(17)6-13(18)8-14/h6-8,11,19H,2-5,9H2,1H3. The summed E-state index contributed by atoms with van der Waals surface area (Å²) in [7, 11) is -4.00. The second kappa shape index (κ2) is 7.95. The third-order valence-electron chi connectivity index (χ3n) is 4.46. The molecule has 2 aromatic rings. The van der Waals surface area contributed by atoms with Gasteiger partial charge in [0.2, 0.25) is 10.0 Å². The molecule has 7 nitrogen and oxygen atoms in total. The fourth-order valence-electron chi connectivity index (χ4n) is 2.91. The van der Waals surface area contributed by atoms with E-state index in [2.05, 4.69) is 14.3 Å². The number of hydrogen-bond acceptors (Lipinski definition) is 6. The lowest BCUT2D eigenvalue weighted by Gasteiger charge is -2.31. The number of carbonyl (C=O) groups excluding carboxylic acids is 1. The molecule has 0 radical (unpaired) electrons. The first-order chi connectivity index (χ1) is 12.8. The summed E-state index contributed by atoms with van der Waals surface area (Å²) >= 11 is 1.06. The van der Waals surface area contributed by atoms with Crippen LogP contribution in [0.2, 0.25) is 0 Å². The second-order valence-electron chi connectivity index (χ2n) is 6.38. The van der Waals surface area contributed by atoms with Crippen LogP contribution in [0.15, 0.2) is 23.1 Å². The van der Waals surface area contributed by atoms with Gasteiger partial charge in [0.05, 0.1) is 10.6 Å². The number of rotatable bonds is 5. The number of piperidine rings is 1. The van der Waals surface area contributed by atoms with Crippen LogP contribution in [0.25, 0.3) is 0 Å². The Bertz CT molecular complexity index is 921. The van der Waals surface area contributed by atoms with Crippen molar-refractivity contribution in [2.24, 2.45) is 5.92 Å². The molecule has 0 saturated carbocycles. The van der Waals surface area contributed by atoms with Gasteiger partial charge in [-0.2, -0.15) is 0 Å². The number of nitrogens with zero attached hydrogens (tertiary/aromatic N) is 3. The van der Waals surface area contributed by atoms with E-state index in [4.69, 9.17) is 0 Å². The predicted molar refractivity (Wildman–Crippen MR) is 94.8 cm³/mol. The van der Waals surface area contributed by atoms with Crippen LogP contribution in [0.4, 0.5) is 8.78 Å². The lowest BCUT2D eigenvalue weighted by molar-refractivity contribution is 0.0696. The van der Waals surface area contributed by atoms with Gasteiger partial charge in [0.25, 0.3) is 5.91 Å². The molecule has 1 aromatic heterocycles. The van der Waals surface area contributed by atoms with Crippen LogP contribution in [0, 0.1) is 24.5 Å². The monoisotopic (exact) mass is 416 g/mol. The normalized spacial score (nSPS) is 15.9. The number of hydrogen-bond donors (Lipinski definition) is 1. The molecule has 1 N–H and O–H groups in total. The van der Waals surface area contributed by atoms with Gasteiger partial charge in [-0.15, -0.1) is 5.10 Å². The Balaban J connectivity index is 1.55. The van der Waals surface area contributed by atoms with E-state index in [1.807, 2.05) is 0 Å². The summed E-state index contributed by atoms with van der Waals surface area (Å²) < 4.78 is 57.1. The Labute approximate surface area is 159 Å². The lowest BCUT2D eigenvalue weighted by Crippen LogP contribution is -2.41. The van der Waals surface area contributed by atoms with Crippen molar-refractivity contribution < 1.29 is 22.0 Å². The van der Waals surface area contributed by atoms with Gasteiger partial charge >= 0.3 is 0 Å². The fourth-order valence-corrected chi connectivity index (χ4v) is 4.69. The zero-order valence-electron chi connectivity index (χ0n) is 14.5. The second-order valence-corrected chi connectivity index (χ2v) is 8.90. The summed E-state index contributed by atoms with van der Waals surface area (Å²) in [6.07, 6.45) is 1.24. The maximum Gasteiger partial charge on any atom is 0.267 e. The zero-order valence-corrected chi connectivity index (χ0v) is 16.1. The molecule has 1 aromatic carbocycles. The third-order valence-corrected chi connectivity index (χ3v) is 6.67. The number of aromatic nitrogens is 2. The maximum absolute atomic E-state index is 13.2. The van der Waals surface area contributed by atoms with Crippen molar-refractivity contribution in [3.8, 4) is 0 Å². The lowest BCUT2D eigenvalue weighted by atomic mass is 9.97. The molecule has 2 heterocycles. The largest absolute Gasteiger partial charge is 0.338 e. The van der Waals surface area contributed by atoms with Crippen molar-refractivity contribution in [2.75, 3.05) is 19.6 Å². The summed E-state index contributed by atoms with van der Waals surface area (Å²) in [6, 6.07) is 2.17. The molecular formula is C16H18F2N4O3S2. The van der Waals surface area contributed by atoms with Gasteiger partial charge in [0.1, 0.15) is 16.5 Å². The number of halogens is 2. The van der Waals surface area contributed by atoms with Crippen molar-refractivity contribution >= 4 is 27.5 Å². The average Bonchev–Trinajstić information content (AvgIpc) is 3.05. The molecule has 11 heteroatoms. The summed E-state index contributed by atoms with van der Waals surface area (Å²) in [5, 5.41) is 3.84. The molecule has 0 unspecified atom stereocenters. The summed E-state index contributed by atoms with van der Waals surface area (Å²) in [5.41, 5.74) is 0.599. The fraction of sp³-hybridized carbons (Fsp3) is 0.438. The van der Waals surface area contributed by atoms with Crippen molar-refractivity contribution in [3.63, 3.8) is 0 Å². The maximum atomic E-state index is 13.2. The minimum atomic E-state index is -4.00. The minimum absolute atomic E-state index is 0.0305. The van der Waals surface area contributed by atoms with E-state index in [1.54, 1.807) is 11.8 Å². The molecule has 27 heavy (non-hydrogen) atoms. The molecule has 1 aliphatic rings. The molecule has 1 amide bonds. The smallest absolute Gasteiger partial charge is 0.267 e. The summed E-state index contributed by atoms with van der Waals surface area (Å²) in [4.78, 5) is 14.2. The van der Waals surface area contributed by atoms with E-state index < -0.39 is 26.6 Å². The predicted octanol–water partition coefficient (Wildman–Crippen LogP) is 1.96. The Hall–Kier alpha value is -1.98. The third kappa shape index (κ3) is 4.66. The number of aryl methyl sites for hydroxylation is 1. The van der Waals surface area contributed by atoms with Crippen molar-refractivity contribution in [1.29, 1.82) is 0 Å². The topological polar surface area (TPSA) is 92.3 Å². The van der Waals surface area contributed by atoms with Crippen LogP contribution >= 0.6 is 11.5 Å². The number of carbonyl (C=O) groups is 1. The van der Waals surface area contributed by atoms with E-state index in [-0.39, 0.29) is 18.4 Å². The van der Waals surface area contributed by atoms with Gasteiger partial charge in [-0.1, -0.05) is 4.49 Å². The molecule has 1 fully saturated rings. The first kappa shape index (κ1) is 19.8. The molecule has 1 aliphatic heterocycles. The van der Waals surface area contributed by atoms with Gasteiger partial charge < -0.3 is 4.90 Å². The van der Waals surface area contributed by atoms with E-state index in [1.165, 1.54) is 0 Å². The number of amides is 1. The minimum Gasteiger partial charge on any atom is -0.338 e. The van der Waals surface area contributed by atoms with Gasteiger partial charge in [0.15, 0.2) is 0 Å². The SMILES string of the molecule is Cc1nnsc1C(=O)N1CCC(CNS(=O)(=O)c2cc(F)cc(F)c2)CC1. The Morgan fingerprint density at radius 1 is 1.26 bits per heavy atom. The number of sulfonamides is 1. The molecule has 0 aliphatic carbocycles. The highest BCUT2D eigenvalue weighted by molar-refractivity contribution is 7.89. The van der Waals surface area contributed by atoms with E-state index in [0.29, 0.717) is 42.6 Å². The summed E-state index contributed by atoms with van der Waals surface area (Å²) in [6.45, 7) is 2.87. The molecule has 3 rings (SSSR count). The van der Waals surface area contributed by atoms with Crippen LogP contribution in [0.3, 0.4) is 0 Å². The number of benzene rings is 1. The van der Waals surface area contributed by atoms with Crippen LogP contribution in [-0.2, 0) is 10.0 Å². The van der Waals surface area contributed by atoms with Crippen LogP contribution < -0.4 is 4.72 Å². The zero-order chi connectivity index (χ0) is 19.6. The number of nitrogens with one attached hydrogen (secondary N) is 1. The summed E-state index contributed by atoms with van der Waals surface area (Å²) in [5.74, 6) is -1.98. The Morgan fingerprint density at radius 2 is 1.89 bits per heavy atom. The van der Waals surface area contributed by atoms with Crippen molar-refractivity contribution in [3.05, 3.63) is 40.4 Å². The number of likely N-dealkylation sites (tertiary alicyclic amines) is 1. The Morgan fingerprint density at radius 3 is 2.44 bits per heavy atom. The van der Waals surface area contributed by atoms with Crippen molar-refractivity contribution in [2.45, 2.75) is 24.7 Å². The molecule has 146 valence electrons. The van der Waals surface area contributed by atoms with Crippen LogP contribution in [-0.4, -0.2) is 48.4 Å². The highest BCUT2D eigenvalue weighted by Crippen LogP contribution is 2.21. The van der Waals surface area contributed by atoms with Crippen molar-refractivity contribution in [1.82, 2.24) is 19.2 Å². The van der Waals surface area contributed by atoms with Crippen LogP contribution in [0.5, 0.6) is 0 Å². The van der Waals surface area contributed by atoms with Gasteiger partial charge in [-0.05, 0) is 49.3 Å². The van der Waals surface area contributed by atoms with Gasteiger partial charge in [-0.3, -0.25) is 4.79 Å². The molecular weight excluding hydrogens is 398 g/mol. The highest BCUT2D eigenvalue weighted by Gasteiger charge is 2.27. The molecule has 1 saturated heterocycles. The average molecular weight is 416 g/mol. The first-order valence-electron chi connectivity index (χ1n) is 8.30. The Kier molecular flexibility index (Phi) is 5.82. The van der Waals surface area contributed by atoms with E-state index >= 15 is 0 Å². The van der Waals surface area contributed by atoms with Gasteiger partial charge in [-0.25, -0.2) is 21.9 Å². The van der Waals surface area contributed by atoms with E-state index in [0.717, 1.165) is 23.7 Å².